The van der Waals surface area contributed by atoms with E-state index in [0.29, 0.717) is 49.4 Å². The number of hydrogen-bond acceptors (Lipinski definition) is 4. The number of nitrogens with zero attached hydrogens (tertiary/aromatic N) is 2. The number of fused-ring (bicyclic) bond motifs is 1. The number of benzene rings is 2. The van der Waals surface area contributed by atoms with Gasteiger partial charge in [-0.25, -0.2) is 0 Å². The van der Waals surface area contributed by atoms with Crippen molar-refractivity contribution in [3.63, 3.8) is 0 Å². The third-order valence-electron chi connectivity index (χ3n) is 6.31. The molecule has 3 aromatic rings. The summed E-state index contributed by atoms with van der Waals surface area (Å²) in [5, 5.41) is 2.74. The van der Waals surface area contributed by atoms with Gasteiger partial charge >= 0.3 is 0 Å². The first-order valence-electron chi connectivity index (χ1n) is 11.2. The normalized spacial score (nSPS) is 16.0. The number of likely N-dealkylation sites (tertiary alicyclic amines) is 1. The number of amides is 2. The van der Waals surface area contributed by atoms with Crippen LogP contribution in [0.5, 0.6) is 5.75 Å². The number of carbonyl (C=O) groups excluding carboxylic acids is 3. The number of carbonyl (C=O) groups is 3. The first kappa shape index (κ1) is 21.0. The molecule has 1 saturated heterocycles. The van der Waals surface area contributed by atoms with Crippen molar-refractivity contribution < 1.29 is 19.1 Å². The lowest BCUT2D eigenvalue weighted by molar-refractivity contribution is -0.131. The summed E-state index contributed by atoms with van der Waals surface area (Å²) < 4.78 is 7.39. The van der Waals surface area contributed by atoms with Crippen LogP contribution in [-0.4, -0.2) is 46.8 Å². The summed E-state index contributed by atoms with van der Waals surface area (Å²) in [5.41, 5.74) is 3.14. The van der Waals surface area contributed by atoms with Crippen LogP contribution in [0.3, 0.4) is 0 Å². The monoisotopic (exact) mass is 443 g/mol. The van der Waals surface area contributed by atoms with Crippen LogP contribution in [0, 0.1) is 5.92 Å². The van der Waals surface area contributed by atoms with E-state index in [-0.39, 0.29) is 30.1 Å². The zero-order valence-electron chi connectivity index (χ0n) is 18.2. The Morgan fingerprint density at radius 2 is 1.73 bits per heavy atom. The van der Waals surface area contributed by atoms with Crippen molar-refractivity contribution in [3.05, 3.63) is 78.1 Å². The molecule has 1 N–H and O–H groups in total. The van der Waals surface area contributed by atoms with Crippen LogP contribution in [0.25, 0.3) is 5.69 Å². The molecule has 2 amide bonds. The number of nitrogens with one attached hydrogen (secondary N) is 1. The molecule has 168 valence electrons. The quantitative estimate of drug-likeness (QED) is 0.613. The van der Waals surface area contributed by atoms with Crippen molar-refractivity contribution in [2.45, 2.75) is 19.3 Å². The van der Waals surface area contributed by atoms with Gasteiger partial charge in [-0.3, -0.25) is 14.4 Å². The highest BCUT2D eigenvalue weighted by molar-refractivity contribution is 6.01. The third kappa shape index (κ3) is 4.53. The Morgan fingerprint density at radius 3 is 2.45 bits per heavy atom. The molecule has 0 aliphatic carbocycles. The van der Waals surface area contributed by atoms with Crippen molar-refractivity contribution in [1.29, 1.82) is 0 Å². The van der Waals surface area contributed by atoms with Gasteiger partial charge in [0.25, 0.3) is 5.91 Å². The van der Waals surface area contributed by atoms with E-state index in [9.17, 15) is 14.4 Å². The lowest BCUT2D eigenvalue weighted by Crippen LogP contribution is -2.41. The van der Waals surface area contributed by atoms with E-state index in [4.69, 9.17) is 4.74 Å². The minimum absolute atomic E-state index is 0.00986. The summed E-state index contributed by atoms with van der Waals surface area (Å²) >= 11 is 0. The van der Waals surface area contributed by atoms with Crippen LogP contribution in [0.2, 0.25) is 0 Å². The van der Waals surface area contributed by atoms with E-state index < -0.39 is 0 Å². The first-order valence-corrected chi connectivity index (χ1v) is 11.2. The molecule has 2 aliphatic rings. The smallest absolute Gasteiger partial charge is 0.262 e. The number of ether oxygens (including phenoxy) is 1. The Morgan fingerprint density at radius 1 is 1.00 bits per heavy atom. The summed E-state index contributed by atoms with van der Waals surface area (Å²) in [4.78, 5) is 39.2. The number of piperidine rings is 1. The SMILES string of the molecule is O=C1COc2ccc(C(=O)C3CCN(C(=O)Cc4ccc(-n5cccc5)cc4)CC3)cc2N1. The lowest BCUT2D eigenvalue weighted by Gasteiger charge is -2.31. The van der Waals surface area contributed by atoms with Crippen molar-refractivity contribution in [2.75, 3.05) is 25.0 Å². The van der Waals surface area contributed by atoms with Gasteiger partial charge in [0.15, 0.2) is 12.4 Å². The highest BCUT2D eigenvalue weighted by atomic mass is 16.5. The molecule has 0 unspecified atom stereocenters. The molecule has 7 nitrogen and oxygen atoms in total. The lowest BCUT2D eigenvalue weighted by atomic mass is 9.88. The van der Waals surface area contributed by atoms with Gasteiger partial charge in [-0.15, -0.1) is 0 Å². The number of ketones is 1. The number of aromatic nitrogens is 1. The summed E-state index contributed by atoms with van der Waals surface area (Å²) in [5.74, 6) is 0.355. The summed E-state index contributed by atoms with van der Waals surface area (Å²) in [6, 6.07) is 17.1. The van der Waals surface area contributed by atoms with Crippen molar-refractivity contribution in [1.82, 2.24) is 9.47 Å². The molecule has 7 heteroatoms. The molecule has 0 radical (unpaired) electrons. The molecule has 5 rings (SSSR count). The molecule has 3 heterocycles. The standard InChI is InChI=1S/C26H25N3O4/c30-24-17-33-23-8-5-20(16-22(23)27-24)26(32)19-9-13-29(14-10-19)25(31)15-18-3-6-21(7-4-18)28-11-1-2-12-28/h1-8,11-12,16,19H,9-10,13-15,17H2,(H,27,30). The topological polar surface area (TPSA) is 80.6 Å². The minimum Gasteiger partial charge on any atom is -0.482 e. The Labute approximate surface area is 192 Å². The van der Waals surface area contributed by atoms with Gasteiger partial charge < -0.3 is 19.5 Å². The Kier molecular flexibility index (Phi) is 5.69. The maximum absolute atomic E-state index is 13.0. The van der Waals surface area contributed by atoms with Crippen LogP contribution < -0.4 is 10.1 Å². The molecule has 2 aromatic carbocycles. The van der Waals surface area contributed by atoms with Gasteiger partial charge in [-0.1, -0.05) is 12.1 Å². The number of rotatable bonds is 5. The molecule has 33 heavy (non-hydrogen) atoms. The fraction of sp³-hybridized carbons (Fsp3) is 0.269. The fourth-order valence-electron chi connectivity index (χ4n) is 4.44. The van der Waals surface area contributed by atoms with Gasteiger partial charge in [0, 0.05) is 42.7 Å². The van der Waals surface area contributed by atoms with E-state index in [0.717, 1.165) is 11.3 Å². The largest absolute Gasteiger partial charge is 0.482 e. The van der Waals surface area contributed by atoms with Gasteiger partial charge in [0.1, 0.15) is 5.75 Å². The van der Waals surface area contributed by atoms with Crippen molar-refractivity contribution >= 4 is 23.3 Å². The van der Waals surface area contributed by atoms with E-state index in [1.807, 2.05) is 58.3 Å². The van der Waals surface area contributed by atoms with Gasteiger partial charge in [-0.05, 0) is 60.9 Å². The van der Waals surface area contributed by atoms with E-state index in [1.54, 1.807) is 18.2 Å². The predicted molar refractivity (Wildman–Crippen MR) is 124 cm³/mol. The Hall–Kier alpha value is -3.87. The maximum Gasteiger partial charge on any atom is 0.262 e. The molecule has 2 aliphatic heterocycles. The molecule has 0 atom stereocenters. The zero-order valence-corrected chi connectivity index (χ0v) is 18.2. The zero-order chi connectivity index (χ0) is 22.8. The number of Topliss-reactive ketones (excluding diaryl/α,β-unsaturated/α-hetero) is 1. The Balaban J connectivity index is 1.16. The maximum atomic E-state index is 13.0. The molecule has 0 bridgehead atoms. The van der Waals surface area contributed by atoms with Crippen LogP contribution in [-0.2, 0) is 16.0 Å². The minimum atomic E-state index is -0.224. The second-order valence-electron chi connectivity index (χ2n) is 8.50. The number of anilines is 1. The second-order valence-corrected chi connectivity index (χ2v) is 8.50. The van der Waals surface area contributed by atoms with E-state index in [1.165, 1.54) is 0 Å². The molecule has 0 spiro atoms. The van der Waals surface area contributed by atoms with Crippen molar-refractivity contribution in [2.24, 2.45) is 5.92 Å². The molecule has 0 saturated carbocycles. The van der Waals surface area contributed by atoms with Crippen molar-refractivity contribution in [3.8, 4) is 11.4 Å². The van der Waals surface area contributed by atoms with Crippen LogP contribution >= 0.6 is 0 Å². The highest BCUT2D eigenvalue weighted by Crippen LogP contribution is 2.31. The summed E-state index contributed by atoms with van der Waals surface area (Å²) in [6.45, 7) is 1.13. The van der Waals surface area contributed by atoms with E-state index in [2.05, 4.69) is 5.32 Å². The second kappa shape index (κ2) is 8.94. The van der Waals surface area contributed by atoms with E-state index >= 15 is 0 Å². The predicted octanol–water partition coefficient (Wildman–Crippen LogP) is 3.47. The Bertz CT molecular complexity index is 1180. The molecule has 1 aromatic heterocycles. The average Bonchev–Trinajstić information content (AvgIpc) is 3.39. The van der Waals surface area contributed by atoms with Crippen LogP contribution in [0.4, 0.5) is 5.69 Å². The molecular weight excluding hydrogens is 418 g/mol. The molecular formula is C26H25N3O4. The highest BCUT2D eigenvalue weighted by Gasteiger charge is 2.29. The molecule has 1 fully saturated rings. The summed E-state index contributed by atoms with van der Waals surface area (Å²) in [7, 11) is 0. The van der Waals surface area contributed by atoms with Crippen LogP contribution in [0.15, 0.2) is 67.0 Å². The van der Waals surface area contributed by atoms with Crippen LogP contribution in [0.1, 0.15) is 28.8 Å². The third-order valence-corrected chi connectivity index (χ3v) is 6.31. The van der Waals surface area contributed by atoms with Gasteiger partial charge in [0.2, 0.25) is 5.91 Å². The number of hydrogen-bond donors (Lipinski definition) is 1. The van der Waals surface area contributed by atoms with Gasteiger partial charge in [-0.2, -0.15) is 0 Å². The first-order chi connectivity index (χ1) is 16.1. The fourth-order valence-corrected chi connectivity index (χ4v) is 4.44. The average molecular weight is 444 g/mol. The van der Waals surface area contributed by atoms with Gasteiger partial charge in [0.05, 0.1) is 12.1 Å². The summed E-state index contributed by atoms with van der Waals surface area (Å²) in [6.07, 6.45) is 5.60.